The van der Waals surface area contributed by atoms with Crippen LogP contribution in [0.5, 0.6) is 0 Å². The fraction of sp³-hybridized carbons (Fsp3) is 0.350. The quantitative estimate of drug-likeness (QED) is 0.555. The maximum Gasteiger partial charge on any atom is 0.243 e. The van der Waals surface area contributed by atoms with Gasteiger partial charge in [-0.15, -0.1) is 11.8 Å². The Balaban J connectivity index is 1.63. The lowest BCUT2D eigenvalue weighted by molar-refractivity contribution is -0.115. The third kappa shape index (κ3) is 5.89. The summed E-state index contributed by atoms with van der Waals surface area (Å²) in [6, 6.07) is 11.9. The first-order valence-corrected chi connectivity index (χ1v) is 12.5. The molecule has 1 amide bonds. The first-order valence-electron chi connectivity index (χ1n) is 9.35. The second-order valence-electron chi connectivity index (χ2n) is 6.68. The van der Waals surface area contributed by atoms with Crippen molar-refractivity contribution in [1.29, 1.82) is 0 Å². The van der Waals surface area contributed by atoms with Crippen molar-refractivity contribution in [2.24, 2.45) is 0 Å². The maximum absolute atomic E-state index is 12.9. The van der Waals surface area contributed by atoms with E-state index in [1.807, 2.05) is 18.2 Å². The normalized spacial score (nSPS) is 15.2. The molecule has 0 aliphatic carbocycles. The SMILES string of the molecule is O=C(CCSc1ccccc1Cl)Nc1cc(S(=O)(=O)N2CCCCC2)ccc1Cl. The van der Waals surface area contributed by atoms with E-state index in [9.17, 15) is 13.2 Å². The van der Waals surface area contributed by atoms with Gasteiger partial charge in [0.25, 0.3) is 0 Å². The van der Waals surface area contributed by atoms with Crippen LogP contribution in [-0.4, -0.2) is 37.5 Å². The first-order chi connectivity index (χ1) is 13.9. The molecule has 1 heterocycles. The summed E-state index contributed by atoms with van der Waals surface area (Å²) in [4.78, 5) is 13.4. The second-order valence-corrected chi connectivity index (χ2v) is 10.6. The van der Waals surface area contributed by atoms with Crippen LogP contribution in [0, 0.1) is 0 Å². The molecule has 29 heavy (non-hydrogen) atoms. The molecule has 156 valence electrons. The Bertz CT molecular complexity index is 977. The number of nitrogens with one attached hydrogen (secondary N) is 1. The van der Waals surface area contributed by atoms with Crippen molar-refractivity contribution in [3.05, 3.63) is 52.5 Å². The molecule has 1 aliphatic rings. The van der Waals surface area contributed by atoms with E-state index in [0.717, 1.165) is 24.2 Å². The van der Waals surface area contributed by atoms with Gasteiger partial charge in [-0.25, -0.2) is 8.42 Å². The maximum atomic E-state index is 12.9. The van der Waals surface area contributed by atoms with Crippen molar-refractivity contribution < 1.29 is 13.2 Å². The summed E-state index contributed by atoms with van der Waals surface area (Å²) in [5, 5.41) is 3.68. The van der Waals surface area contributed by atoms with Crippen molar-refractivity contribution in [2.45, 2.75) is 35.5 Å². The van der Waals surface area contributed by atoms with Crippen LogP contribution in [0.15, 0.2) is 52.3 Å². The predicted octanol–water partition coefficient (Wildman–Crippen LogP) is 5.29. The number of hydrogen-bond donors (Lipinski definition) is 1. The average molecular weight is 473 g/mol. The molecule has 3 rings (SSSR count). The Labute approximate surface area is 185 Å². The summed E-state index contributed by atoms with van der Waals surface area (Å²) in [6.07, 6.45) is 3.01. The molecule has 1 N–H and O–H groups in total. The van der Waals surface area contributed by atoms with Crippen molar-refractivity contribution >= 4 is 56.6 Å². The van der Waals surface area contributed by atoms with Crippen LogP contribution >= 0.6 is 35.0 Å². The van der Waals surface area contributed by atoms with Gasteiger partial charge in [0.2, 0.25) is 15.9 Å². The number of benzene rings is 2. The summed E-state index contributed by atoms with van der Waals surface area (Å²) in [7, 11) is -3.59. The number of hydrogen-bond acceptors (Lipinski definition) is 4. The zero-order valence-electron chi connectivity index (χ0n) is 15.7. The van der Waals surface area contributed by atoms with Gasteiger partial charge in [-0.1, -0.05) is 41.8 Å². The molecule has 0 radical (unpaired) electrons. The number of anilines is 1. The third-order valence-corrected chi connectivity index (χ3v) is 8.33. The van der Waals surface area contributed by atoms with E-state index >= 15 is 0 Å². The number of piperidine rings is 1. The molecule has 1 aliphatic heterocycles. The van der Waals surface area contributed by atoms with Crippen LogP contribution in [0.1, 0.15) is 25.7 Å². The van der Waals surface area contributed by atoms with E-state index in [1.165, 1.54) is 34.3 Å². The van der Waals surface area contributed by atoms with Gasteiger partial charge in [-0.2, -0.15) is 4.31 Å². The van der Waals surface area contributed by atoms with Crippen LogP contribution in [0.3, 0.4) is 0 Å². The smallest absolute Gasteiger partial charge is 0.243 e. The van der Waals surface area contributed by atoms with Crippen LogP contribution in [0.2, 0.25) is 10.0 Å². The van der Waals surface area contributed by atoms with E-state index in [0.29, 0.717) is 34.6 Å². The van der Waals surface area contributed by atoms with Crippen molar-refractivity contribution in [2.75, 3.05) is 24.2 Å². The molecule has 5 nitrogen and oxygen atoms in total. The summed E-state index contributed by atoms with van der Waals surface area (Å²) >= 11 is 13.8. The molecule has 0 unspecified atom stereocenters. The molecule has 1 saturated heterocycles. The summed E-state index contributed by atoms with van der Waals surface area (Å²) in [5.74, 6) is 0.304. The highest BCUT2D eigenvalue weighted by molar-refractivity contribution is 7.99. The van der Waals surface area contributed by atoms with Gasteiger partial charge in [-0.05, 0) is 43.2 Å². The van der Waals surface area contributed by atoms with Crippen LogP contribution in [-0.2, 0) is 14.8 Å². The van der Waals surface area contributed by atoms with Crippen molar-refractivity contribution in [3.63, 3.8) is 0 Å². The van der Waals surface area contributed by atoms with Crippen LogP contribution in [0.25, 0.3) is 0 Å². The number of amides is 1. The molecule has 2 aromatic carbocycles. The average Bonchev–Trinajstić information content (AvgIpc) is 2.71. The number of carbonyl (C=O) groups excluding carboxylic acids is 1. The number of carbonyl (C=O) groups is 1. The third-order valence-electron chi connectivity index (χ3n) is 4.59. The van der Waals surface area contributed by atoms with Gasteiger partial charge in [0.1, 0.15) is 0 Å². The molecular weight excluding hydrogens is 451 g/mol. The summed E-state index contributed by atoms with van der Waals surface area (Å²) in [5.41, 5.74) is 0.303. The van der Waals surface area contributed by atoms with Crippen molar-refractivity contribution in [3.8, 4) is 0 Å². The van der Waals surface area contributed by atoms with E-state index in [4.69, 9.17) is 23.2 Å². The van der Waals surface area contributed by atoms with Gasteiger partial charge in [0.15, 0.2) is 0 Å². The minimum absolute atomic E-state index is 0.143. The van der Waals surface area contributed by atoms with E-state index < -0.39 is 10.0 Å². The number of rotatable bonds is 7. The fourth-order valence-electron chi connectivity index (χ4n) is 3.04. The number of thioether (sulfide) groups is 1. The molecule has 1 fully saturated rings. The Morgan fingerprint density at radius 2 is 1.76 bits per heavy atom. The number of nitrogens with zero attached hydrogens (tertiary/aromatic N) is 1. The molecular formula is C20H22Cl2N2O3S2. The Hall–Kier alpha value is -1.25. The zero-order chi connectivity index (χ0) is 20.9. The predicted molar refractivity (Wildman–Crippen MR) is 119 cm³/mol. The van der Waals surface area contributed by atoms with E-state index in [1.54, 1.807) is 6.07 Å². The van der Waals surface area contributed by atoms with Gasteiger partial charge < -0.3 is 5.32 Å². The molecule has 0 saturated carbocycles. The van der Waals surface area contributed by atoms with Crippen molar-refractivity contribution in [1.82, 2.24) is 4.31 Å². The van der Waals surface area contributed by atoms with Crippen LogP contribution < -0.4 is 5.32 Å². The molecule has 9 heteroatoms. The second kappa shape index (κ2) is 10.2. The highest BCUT2D eigenvalue weighted by Crippen LogP contribution is 2.29. The Morgan fingerprint density at radius 3 is 2.48 bits per heavy atom. The molecule has 0 bridgehead atoms. The Morgan fingerprint density at radius 1 is 1.03 bits per heavy atom. The monoisotopic (exact) mass is 472 g/mol. The standard InChI is InChI=1S/C20H22Cl2N2O3S2/c21-16-9-8-15(29(26,27)24-11-4-1-5-12-24)14-18(16)23-20(25)10-13-28-19-7-3-2-6-17(19)22/h2-3,6-9,14H,1,4-5,10-13H2,(H,23,25). The molecule has 2 aromatic rings. The molecule has 0 spiro atoms. The fourth-order valence-corrected chi connectivity index (χ4v) is 5.94. The molecule has 0 atom stereocenters. The molecule has 0 aromatic heterocycles. The zero-order valence-corrected chi connectivity index (χ0v) is 18.9. The number of halogens is 2. The largest absolute Gasteiger partial charge is 0.325 e. The van der Waals surface area contributed by atoms with E-state index in [-0.39, 0.29) is 17.2 Å². The number of sulfonamides is 1. The van der Waals surface area contributed by atoms with Gasteiger partial charge in [0.05, 0.1) is 20.6 Å². The van der Waals surface area contributed by atoms with E-state index in [2.05, 4.69) is 5.32 Å². The van der Waals surface area contributed by atoms with Gasteiger partial charge in [-0.3, -0.25) is 4.79 Å². The summed E-state index contributed by atoms with van der Waals surface area (Å²) < 4.78 is 27.2. The summed E-state index contributed by atoms with van der Waals surface area (Å²) in [6.45, 7) is 1.04. The highest BCUT2D eigenvalue weighted by Gasteiger charge is 2.26. The lowest BCUT2D eigenvalue weighted by atomic mass is 10.2. The lowest BCUT2D eigenvalue weighted by Gasteiger charge is -2.26. The highest BCUT2D eigenvalue weighted by atomic mass is 35.5. The first kappa shape index (κ1) is 22.4. The van der Waals surface area contributed by atoms with Gasteiger partial charge in [0, 0.05) is 30.2 Å². The van der Waals surface area contributed by atoms with Gasteiger partial charge >= 0.3 is 0 Å². The topological polar surface area (TPSA) is 66.5 Å². The minimum atomic E-state index is -3.59. The Kier molecular flexibility index (Phi) is 7.87. The lowest BCUT2D eigenvalue weighted by Crippen LogP contribution is -2.35. The minimum Gasteiger partial charge on any atom is -0.325 e. The van der Waals surface area contributed by atoms with Crippen LogP contribution in [0.4, 0.5) is 5.69 Å².